The Hall–Kier alpha value is -4.88. The first kappa shape index (κ1) is 38.4. The van der Waals surface area contributed by atoms with Crippen molar-refractivity contribution in [1.29, 1.82) is 0 Å². The number of carboxylic acids is 2. The van der Waals surface area contributed by atoms with E-state index in [2.05, 4.69) is 79.9 Å². The summed E-state index contributed by atoms with van der Waals surface area (Å²) in [7, 11) is 0. The molecule has 2 N–H and O–H groups in total. The van der Waals surface area contributed by atoms with Gasteiger partial charge in [0.1, 0.15) is 0 Å². The second-order valence-electron chi connectivity index (χ2n) is 11.0. The smallest absolute Gasteiger partial charge is 0.373 e. The van der Waals surface area contributed by atoms with Crippen molar-refractivity contribution in [1.82, 2.24) is 0 Å². The van der Waals surface area contributed by atoms with Gasteiger partial charge in [0.25, 0.3) is 0 Å². The number of rotatable bonds is 10. The van der Waals surface area contributed by atoms with Gasteiger partial charge in [0.05, 0.1) is 12.8 Å². The standard InChI is InChI=1S/C36H26O4S6.2CO2/c1-19-11-13-41-33(19)25-7-10-28(43-25)36-24(18-32(39)40)16-30(46-36)22-5-3-21(4-6-22)29-15-20(2)34(45-29)26-8-9-27(44-26)35-23(12-14-42-35)17-31(37)38;2*2-1-3/h3-16H,17-18H2,1-2H3,(H,37,38)(H,39,40);;. The molecule has 0 spiro atoms. The Bertz CT molecular complexity index is 2390. The van der Waals surface area contributed by atoms with Gasteiger partial charge in [0.2, 0.25) is 0 Å². The van der Waals surface area contributed by atoms with Gasteiger partial charge in [-0.15, -0.1) is 68.0 Å². The van der Waals surface area contributed by atoms with Crippen LogP contribution in [0.4, 0.5) is 0 Å². The molecule has 0 amide bonds. The number of thiophene rings is 6. The fourth-order valence-electron chi connectivity index (χ4n) is 5.38. The van der Waals surface area contributed by atoms with Gasteiger partial charge >= 0.3 is 24.2 Å². The summed E-state index contributed by atoms with van der Waals surface area (Å²) in [6.07, 6.45) is 0.520. The molecule has 0 atom stereocenters. The quantitative estimate of drug-likeness (QED) is 0.139. The van der Waals surface area contributed by atoms with Gasteiger partial charge in [-0.05, 0) is 107 Å². The first-order valence-electron chi connectivity index (χ1n) is 15.1. The van der Waals surface area contributed by atoms with E-state index in [-0.39, 0.29) is 25.1 Å². The first-order chi connectivity index (χ1) is 25.1. The van der Waals surface area contributed by atoms with Crippen LogP contribution >= 0.6 is 68.0 Å². The first-order valence-corrected chi connectivity index (χ1v) is 20.2. The molecule has 14 heteroatoms. The highest BCUT2D eigenvalue weighted by molar-refractivity contribution is 7.28. The summed E-state index contributed by atoms with van der Waals surface area (Å²) in [5, 5.41) is 23.0. The topological polar surface area (TPSA) is 143 Å². The minimum Gasteiger partial charge on any atom is -0.481 e. The largest absolute Gasteiger partial charge is 0.481 e. The van der Waals surface area contributed by atoms with E-state index >= 15 is 0 Å². The van der Waals surface area contributed by atoms with Crippen molar-refractivity contribution in [3.05, 3.63) is 106 Å². The number of carbonyl (C=O) groups excluding carboxylic acids is 4. The Morgan fingerprint density at radius 2 is 0.942 bits per heavy atom. The van der Waals surface area contributed by atoms with E-state index in [1.165, 1.54) is 35.5 Å². The maximum Gasteiger partial charge on any atom is 0.373 e. The second kappa shape index (κ2) is 17.6. The fraction of sp³-hybridized carbons (Fsp3) is 0.105. The Kier molecular flexibility index (Phi) is 13.0. The molecule has 0 aliphatic rings. The molecule has 0 saturated heterocycles. The fourth-order valence-corrected chi connectivity index (χ4v) is 12.3. The van der Waals surface area contributed by atoms with Crippen molar-refractivity contribution in [3.63, 3.8) is 0 Å². The molecule has 7 aromatic rings. The Labute approximate surface area is 321 Å². The highest BCUT2D eigenvalue weighted by Gasteiger charge is 2.19. The number of carboxylic acid groups (broad SMARTS) is 2. The van der Waals surface area contributed by atoms with Crippen molar-refractivity contribution in [2.75, 3.05) is 0 Å². The van der Waals surface area contributed by atoms with Crippen molar-refractivity contribution >= 4 is 92.3 Å². The lowest BCUT2D eigenvalue weighted by Gasteiger charge is -2.01. The third-order valence-corrected chi connectivity index (χ3v) is 15.0. The van der Waals surface area contributed by atoms with Gasteiger partial charge in [0, 0.05) is 48.8 Å². The number of hydrogen-bond acceptors (Lipinski definition) is 12. The zero-order chi connectivity index (χ0) is 37.4. The molecule has 0 bridgehead atoms. The monoisotopic (exact) mass is 802 g/mol. The van der Waals surface area contributed by atoms with Crippen LogP contribution in [0.5, 0.6) is 0 Å². The summed E-state index contributed by atoms with van der Waals surface area (Å²) >= 11 is 10.2. The van der Waals surface area contributed by atoms with Crippen LogP contribution in [-0.2, 0) is 41.6 Å². The zero-order valence-electron chi connectivity index (χ0n) is 27.3. The molecular formula is C38H26O8S6. The van der Waals surface area contributed by atoms with Crippen LogP contribution in [-0.4, -0.2) is 34.5 Å². The van der Waals surface area contributed by atoms with Crippen LogP contribution in [0.3, 0.4) is 0 Å². The second-order valence-corrected chi connectivity index (χ2v) is 17.1. The third kappa shape index (κ3) is 8.94. The zero-order valence-corrected chi connectivity index (χ0v) is 32.2. The number of hydrogen-bond donors (Lipinski definition) is 2. The number of aryl methyl sites for hydroxylation is 2. The van der Waals surface area contributed by atoms with E-state index in [9.17, 15) is 19.8 Å². The lowest BCUT2D eigenvalue weighted by Crippen LogP contribution is -1.99. The lowest BCUT2D eigenvalue weighted by atomic mass is 10.1. The molecule has 0 aliphatic carbocycles. The van der Waals surface area contributed by atoms with Gasteiger partial charge < -0.3 is 10.2 Å². The number of aliphatic carboxylic acids is 2. The summed E-state index contributed by atoms with van der Waals surface area (Å²) < 4.78 is 0. The summed E-state index contributed by atoms with van der Waals surface area (Å²) in [6.45, 7) is 4.26. The third-order valence-electron chi connectivity index (χ3n) is 7.58. The molecule has 8 nitrogen and oxygen atoms in total. The Balaban J connectivity index is 0.000000817. The van der Waals surface area contributed by atoms with Gasteiger partial charge in [-0.1, -0.05) is 24.3 Å². The van der Waals surface area contributed by atoms with E-state index in [0.29, 0.717) is 0 Å². The van der Waals surface area contributed by atoms with E-state index in [0.717, 1.165) is 46.6 Å². The van der Waals surface area contributed by atoms with Crippen molar-refractivity contribution in [3.8, 4) is 59.9 Å². The van der Waals surface area contributed by atoms with E-state index in [1.807, 2.05) is 17.5 Å². The molecular weight excluding hydrogens is 777 g/mol. The van der Waals surface area contributed by atoms with Crippen LogP contribution < -0.4 is 0 Å². The minimum atomic E-state index is -0.829. The van der Waals surface area contributed by atoms with Crippen LogP contribution in [0, 0.1) is 13.8 Å². The highest BCUT2D eigenvalue weighted by Crippen LogP contribution is 2.47. The van der Waals surface area contributed by atoms with Crippen molar-refractivity contribution in [2.45, 2.75) is 26.7 Å². The average Bonchev–Trinajstić information content (AvgIpc) is 3.95. The minimum absolute atomic E-state index is 0.00970. The highest BCUT2D eigenvalue weighted by atomic mass is 32.1. The van der Waals surface area contributed by atoms with Crippen LogP contribution in [0.25, 0.3) is 59.9 Å². The summed E-state index contributed by atoms with van der Waals surface area (Å²) in [4.78, 5) is 67.0. The maximum absolute atomic E-state index is 11.8. The molecule has 0 unspecified atom stereocenters. The number of carbonyl (C=O) groups is 2. The van der Waals surface area contributed by atoms with Gasteiger partial charge in [-0.25, -0.2) is 0 Å². The molecule has 0 saturated carbocycles. The van der Waals surface area contributed by atoms with Crippen LogP contribution in [0.1, 0.15) is 22.3 Å². The Morgan fingerprint density at radius 1 is 0.500 bits per heavy atom. The molecule has 6 heterocycles. The van der Waals surface area contributed by atoms with Gasteiger partial charge in [0.15, 0.2) is 0 Å². The van der Waals surface area contributed by atoms with Gasteiger partial charge in [-0.2, -0.15) is 19.2 Å². The molecule has 0 radical (unpaired) electrons. The van der Waals surface area contributed by atoms with E-state index in [1.54, 1.807) is 68.0 Å². The molecule has 0 fully saturated rings. The van der Waals surface area contributed by atoms with E-state index in [4.69, 9.17) is 19.2 Å². The average molecular weight is 803 g/mol. The molecule has 1 aromatic carbocycles. The SMILES string of the molecule is Cc1ccsc1-c1ccc(-c2sc(-c3ccc(-c4cc(C)c(-c5ccc(-c6sccc6CC(=O)O)s5)s4)cc3)cc2CC(=O)O)s1.O=C=O.O=C=O. The van der Waals surface area contributed by atoms with Crippen molar-refractivity contribution in [2.24, 2.45) is 0 Å². The molecule has 7 rings (SSSR count). The molecule has 6 aromatic heterocycles. The summed E-state index contributed by atoms with van der Waals surface area (Å²) in [5.74, 6) is -1.65. The van der Waals surface area contributed by atoms with Crippen LogP contribution in [0.15, 0.2) is 83.6 Å². The van der Waals surface area contributed by atoms with E-state index < -0.39 is 11.9 Å². The summed E-state index contributed by atoms with van der Waals surface area (Å²) in [5.41, 5.74) is 6.38. The Morgan fingerprint density at radius 3 is 1.48 bits per heavy atom. The normalized spacial score (nSPS) is 10.3. The van der Waals surface area contributed by atoms with Crippen LogP contribution in [0.2, 0.25) is 0 Å². The maximum atomic E-state index is 11.8. The molecule has 52 heavy (non-hydrogen) atoms. The summed E-state index contributed by atoms with van der Waals surface area (Å²) in [6, 6.07) is 25.3. The van der Waals surface area contributed by atoms with Crippen molar-refractivity contribution < 1.29 is 39.0 Å². The lowest BCUT2D eigenvalue weighted by molar-refractivity contribution is -0.193. The molecule has 0 aliphatic heterocycles. The molecule has 262 valence electrons. The van der Waals surface area contributed by atoms with Gasteiger partial charge in [-0.3, -0.25) is 9.59 Å². The predicted molar refractivity (Wildman–Crippen MR) is 208 cm³/mol. The predicted octanol–water partition coefficient (Wildman–Crippen LogP) is 10.8. The number of benzene rings is 1.